The number of carboxylic acids is 1. The summed E-state index contributed by atoms with van der Waals surface area (Å²) in [5.74, 6) is -1.24. The highest BCUT2D eigenvalue weighted by Gasteiger charge is 2.12. The smallest absolute Gasteiger partial charge is 0.321 e. The van der Waals surface area contributed by atoms with Gasteiger partial charge >= 0.3 is 12.0 Å². The van der Waals surface area contributed by atoms with E-state index in [9.17, 15) is 9.59 Å². The van der Waals surface area contributed by atoms with Gasteiger partial charge in [0.2, 0.25) is 0 Å². The fourth-order valence-electron chi connectivity index (χ4n) is 1.75. The van der Waals surface area contributed by atoms with Crippen LogP contribution in [-0.2, 0) is 4.79 Å². The van der Waals surface area contributed by atoms with Crippen LogP contribution in [0.3, 0.4) is 0 Å². The van der Waals surface area contributed by atoms with Crippen LogP contribution < -0.4 is 10.2 Å². The number of aliphatic carboxylic acids is 1. The fourth-order valence-corrected chi connectivity index (χ4v) is 1.75. The molecule has 0 saturated heterocycles. The number of anilines is 1. The van der Waals surface area contributed by atoms with Crippen LogP contribution in [0.5, 0.6) is 0 Å². The lowest BCUT2D eigenvalue weighted by Crippen LogP contribution is -2.37. The summed E-state index contributed by atoms with van der Waals surface area (Å²) in [7, 11) is 1.62. The van der Waals surface area contributed by atoms with Crippen LogP contribution in [0.1, 0.15) is 25.3 Å². The van der Waals surface area contributed by atoms with E-state index in [1.54, 1.807) is 38.2 Å². The second-order valence-corrected chi connectivity index (χ2v) is 4.83. The Morgan fingerprint density at radius 3 is 2.81 bits per heavy atom. The minimum absolute atomic E-state index is 0.284. The molecule has 1 aromatic carbocycles. The number of carbonyl (C=O) groups excluding carboxylic acids is 1. The number of nitrogens with zero attached hydrogens (tertiary/aromatic N) is 2. The van der Waals surface area contributed by atoms with Crippen molar-refractivity contribution in [3.8, 4) is 6.07 Å². The minimum Gasteiger partial charge on any atom is -0.481 e. The molecular weight excluding hydrogens is 270 g/mol. The molecule has 0 radical (unpaired) electrons. The Hall–Kier alpha value is -2.55. The van der Waals surface area contributed by atoms with Crippen LogP contribution in [0.15, 0.2) is 24.3 Å². The Kier molecular flexibility index (Phi) is 6.21. The summed E-state index contributed by atoms with van der Waals surface area (Å²) in [5, 5.41) is 20.3. The van der Waals surface area contributed by atoms with Crippen LogP contribution in [0.25, 0.3) is 0 Å². The Balaban J connectivity index is 2.44. The van der Waals surface area contributed by atoms with Crippen LogP contribution in [0.4, 0.5) is 10.5 Å². The normalized spacial score (nSPS) is 11.3. The van der Waals surface area contributed by atoms with Gasteiger partial charge in [-0.15, -0.1) is 0 Å². The molecule has 0 aromatic heterocycles. The van der Waals surface area contributed by atoms with E-state index in [0.29, 0.717) is 30.6 Å². The summed E-state index contributed by atoms with van der Waals surface area (Å²) < 4.78 is 0. The van der Waals surface area contributed by atoms with Crippen molar-refractivity contribution >= 4 is 17.7 Å². The third-order valence-corrected chi connectivity index (χ3v) is 3.18. The quantitative estimate of drug-likeness (QED) is 0.785. The third-order valence-electron chi connectivity index (χ3n) is 3.18. The molecule has 1 atom stereocenters. The van der Waals surface area contributed by atoms with Crippen molar-refractivity contribution in [3.63, 3.8) is 0 Å². The lowest BCUT2D eigenvalue weighted by molar-refractivity contribution is -0.141. The molecule has 0 aliphatic carbocycles. The molecular formula is C15H19N3O3. The molecule has 0 saturated carbocycles. The van der Waals surface area contributed by atoms with E-state index in [-0.39, 0.29) is 6.03 Å². The van der Waals surface area contributed by atoms with Crippen LogP contribution in [0, 0.1) is 17.2 Å². The predicted molar refractivity (Wildman–Crippen MR) is 79.0 cm³/mol. The van der Waals surface area contributed by atoms with Crippen molar-refractivity contribution in [2.24, 2.45) is 5.92 Å². The van der Waals surface area contributed by atoms with Gasteiger partial charge in [0.1, 0.15) is 0 Å². The first-order chi connectivity index (χ1) is 9.95. The molecule has 1 unspecified atom stereocenters. The van der Waals surface area contributed by atoms with Crippen LogP contribution >= 0.6 is 0 Å². The van der Waals surface area contributed by atoms with E-state index in [1.165, 1.54) is 4.90 Å². The van der Waals surface area contributed by atoms with Gasteiger partial charge in [-0.1, -0.05) is 13.0 Å². The first kappa shape index (κ1) is 16.5. The third kappa shape index (κ3) is 5.15. The number of nitrogens with one attached hydrogen (secondary N) is 1. The molecule has 0 aliphatic rings. The number of urea groups is 1. The van der Waals surface area contributed by atoms with Gasteiger partial charge in [0.25, 0.3) is 0 Å². The van der Waals surface area contributed by atoms with Crippen molar-refractivity contribution in [1.29, 1.82) is 5.26 Å². The number of benzene rings is 1. The van der Waals surface area contributed by atoms with E-state index in [0.717, 1.165) is 0 Å². The molecule has 0 bridgehead atoms. The number of rotatable bonds is 6. The zero-order chi connectivity index (χ0) is 15.8. The summed E-state index contributed by atoms with van der Waals surface area (Å²) >= 11 is 0. The van der Waals surface area contributed by atoms with Crippen LogP contribution in [-0.4, -0.2) is 30.7 Å². The van der Waals surface area contributed by atoms with Gasteiger partial charge in [0.05, 0.1) is 17.6 Å². The summed E-state index contributed by atoms with van der Waals surface area (Å²) in [5.41, 5.74) is 1.12. The highest BCUT2D eigenvalue weighted by atomic mass is 16.4. The SMILES string of the molecule is CC(CCCNC(=O)N(C)c1cccc(C#N)c1)C(=O)O. The van der Waals surface area contributed by atoms with E-state index in [1.807, 2.05) is 6.07 Å². The number of carbonyl (C=O) groups is 2. The van der Waals surface area contributed by atoms with Gasteiger partial charge in [-0.05, 0) is 31.0 Å². The first-order valence-corrected chi connectivity index (χ1v) is 6.70. The summed E-state index contributed by atoms with van der Waals surface area (Å²) in [6.45, 7) is 2.06. The average Bonchev–Trinajstić information content (AvgIpc) is 2.50. The second kappa shape index (κ2) is 7.90. The Morgan fingerprint density at radius 2 is 2.19 bits per heavy atom. The van der Waals surface area contributed by atoms with Gasteiger partial charge in [0, 0.05) is 19.3 Å². The first-order valence-electron chi connectivity index (χ1n) is 6.70. The van der Waals surface area contributed by atoms with Crippen LogP contribution in [0.2, 0.25) is 0 Å². The van der Waals surface area contributed by atoms with E-state index < -0.39 is 11.9 Å². The van der Waals surface area contributed by atoms with E-state index in [2.05, 4.69) is 5.32 Å². The highest BCUT2D eigenvalue weighted by molar-refractivity contribution is 5.91. The maximum absolute atomic E-state index is 11.9. The van der Waals surface area contributed by atoms with Crippen molar-refractivity contribution < 1.29 is 14.7 Å². The van der Waals surface area contributed by atoms with Gasteiger partial charge in [-0.2, -0.15) is 5.26 Å². The number of amides is 2. The minimum atomic E-state index is -0.827. The van der Waals surface area contributed by atoms with Gasteiger partial charge in [-0.25, -0.2) is 4.79 Å². The standard InChI is InChI=1S/C15H19N3O3/c1-11(14(19)20)5-4-8-17-15(21)18(2)13-7-3-6-12(9-13)10-16/h3,6-7,9,11H,4-5,8H2,1-2H3,(H,17,21)(H,19,20). The second-order valence-electron chi connectivity index (χ2n) is 4.83. The fraction of sp³-hybridized carbons (Fsp3) is 0.400. The van der Waals surface area contributed by atoms with E-state index in [4.69, 9.17) is 10.4 Å². The highest BCUT2D eigenvalue weighted by Crippen LogP contribution is 2.14. The topological polar surface area (TPSA) is 93.4 Å². The summed E-state index contributed by atoms with van der Waals surface area (Å²) in [6, 6.07) is 8.50. The largest absolute Gasteiger partial charge is 0.481 e. The maximum atomic E-state index is 11.9. The van der Waals surface area contributed by atoms with Crippen molar-refractivity contribution in [2.75, 3.05) is 18.5 Å². The van der Waals surface area contributed by atoms with Gasteiger partial charge in [0.15, 0.2) is 0 Å². The van der Waals surface area contributed by atoms with Gasteiger partial charge in [-0.3, -0.25) is 9.69 Å². The molecule has 112 valence electrons. The number of hydrogen-bond donors (Lipinski definition) is 2. The molecule has 1 rings (SSSR count). The molecule has 0 spiro atoms. The monoisotopic (exact) mass is 289 g/mol. The van der Waals surface area contributed by atoms with Gasteiger partial charge < -0.3 is 10.4 Å². The molecule has 2 amide bonds. The number of nitriles is 1. The lowest BCUT2D eigenvalue weighted by atomic mass is 10.1. The molecule has 0 heterocycles. The zero-order valence-electron chi connectivity index (χ0n) is 12.2. The molecule has 0 aliphatic heterocycles. The summed E-state index contributed by atoms with van der Waals surface area (Å²) in [6.07, 6.45) is 1.12. The molecule has 6 nitrogen and oxygen atoms in total. The molecule has 21 heavy (non-hydrogen) atoms. The van der Waals surface area contributed by atoms with Crippen molar-refractivity contribution in [3.05, 3.63) is 29.8 Å². The van der Waals surface area contributed by atoms with E-state index >= 15 is 0 Å². The van der Waals surface area contributed by atoms with Crippen molar-refractivity contribution in [2.45, 2.75) is 19.8 Å². The average molecular weight is 289 g/mol. The number of carboxylic acid groups (broad SMARTS) is 1. The molecule has 2 N–H and O–H groups in total. The Morgan fingerprint density at radius 1 is 1.48 bits per heavy atom. The Bertz CT molecular complexity index is 551. The number of hydrogen-bond acceptors (Lipinski definition) is 3. The lowest BCUT2D eigenvalue weighted by Gasteiger charge is -2.18. The van der Waals surface area contributed by atoms with Crippen molar-refractivity contribution in [1.82, 2.24) is 5.32 Å². The molecule has 0 fully saturated rings. The predicted octanol–water partition coefficient (Wildman–Crippen LogP) is 2.20. The Labute approximate surface area is 124 Å². The summed E-state index contributed by atoms with van der Waals surface area (Å²) in [4.78, 5) is 24.0. The molecule has 1 aromatic rings. The zero-order valence-corrected chi connectivity index (χ0v) is 12.2. The molecule has 6 heteroatoms. The maximum Gasteiger partial charge on any atom is 0.321 e.